The number of hydrogen-bond acceptors (Lipinski definition) is 2. The summed E-state index contributed by atoms with van der Waals surface area (Å²) in [7, 11) is 0. The molecule has 0 atom stereocenters. The van der Waals surface area contributed by atoms with Crippen LogP contribution in [0.4, 0.5) is 0 Å². The second kappa shape index (κ2) is 5.50. The van der Waals surface area contributed by atoms with Crippen molar-refractivity contribution in [1.29, 1.82) is 0 Å². The van der Waals surface area contributed by atoms with E-state index in [1.54, 1.807) is 18.3 Å². The summed E-state index contributed by atoms with van der Waals surface area (Å²) in [5.41, 5.74) is 1.82. The minimum Gasteiger partial charge on any atom is -0.350 e. The molecule has 0 radical (unpaired) electrons. The van der Waals surface area contributed by atoms with Crippen LogP contribution >= 0.6 is 11.6 Å². The zero-order valence-corrected chi connectivity index (χ0v) is 9.87. The molecule has 0 spiro atoms. The number of halogens is 1. The van der Waals surface area contributed by atoms with Crippen molar-refractivity contribution in [2.45, 2.75) is 13.0 Å². The number of benzene rings is 1. The average Bonchev–Trinajstić information content (AvgIpc) is 2.83. The number of rotatable bonds is 4. The van der Waals surface area contributed by atoms with Gasteiger partial charge in [-0.1, -0.05) is 23.7 Å². The first-order chi connectivity index (χ1) is 8.24. The maximum Gasteiger partial charge on any atom is 0.224 e. The van der Waals surface area contributed by atoms with Crippen LogP contribution in [0, 0.1) is 0 Å². The lowest BCUT2D eigenvalue weighted by atomic mass is 10.1. The van der Waals surface area contributed by atoms with E-state index in [1.807, 2.05) is 18.2 Å². The van der Waals surface area contributed by atoms with E-state index in [4.69, 9.17) is 11.6 Å². The van der Waals surface area contributed by atoms with Crippen molar-refractivity contribution in [1.82, 2.24) is 15.5 Å². The van der Waals surface area contributed by atoms with E-state index < -0.39 is 0 Å². The van der Waals surface area contributed by atoms with Crippen LogP contribution in [0.1, 0.15) is 11.3 Å². The number of hydrogen-bond donors (Lipinski definition) is 2. The van der Waals surface area contributed by atoms with Crippen LogP contribution in [-0.2, 0) is 17.8 Å². The number of carbonyl (C=O) groups excluding carboxylic acids is 1. The molecule has 0 aliphatic heterocycles. The number of amides is 1. The van der Waals surface area contributed by atoms with Crippen LogP contribution < -0.4 is 5.32 Å². The van der Waals surface area contributed by atoms with Gasteiger partial charge in [-0.25, -0.2) is 0 Å². The SMILES string of the molecule is O=C(Cc1ccc(Cl)cc1)NCc1ccn[nH]1. The smallest absolute Gasteiger partial charge is 0.224 e. The molecule has 4 nitrogen and oxygen atoms in total. The van der Waals surface area contributed by atoms with Crippen LogP contribution in [0.15, 0.2) is 36.5 Å². The molecular formula is C12H12ClN3O. The minimum atomic E-state index is -0.0260. The first kappa shape index (κ1) is 11.7. The quantitative estimate of drug-likeness (QED) is 0.870. The molecular weight excluding hydrogens is 238 g/mol. The highest BCUT2D eigenvalue weighted by Crippen LogP contribution is 2.09. The molecule has 0 unspecified atom stereocenters. The molecule has 0 aliphatic rings. The largest absolute Gasteiger partial charge is 0.350 e. The Hall–Kier alpha value is -1.81. The van der Waals surface area contributed by atoms with Gasteiger partial charge in [0.05, 0.1) is 18.7 Å². The highest BCUT2D eigenvalue weighted by Gasteiger charge is 2.03. The van der Waals surface area contributed by atoms with Gasteiger partial charge in [0.1, 0.15) is 0 Å². The van der Waals surface area contributed by atoms with Crippen molar-refractivity contribution in [3.8, 4) is 0 Å². The molecule has 1 aromatic carbocycles. The van der Waals surface area contributed by atoms with Gasteiger partial charge in [-0.3, -0.25) is 9.89 Å². The Bertz CT molecular complexity index is 479. The molecule has 1 heterocycles. The summed E-state index contributed by atoms with van der Waals surface area (Å²) in [5.74, 6) is -0.0260. The molecule has 5 heteroatoms. The van der Waals surface area contributed by atoms with E-state index >= 15 is 0 Å². The van der Waals surface area contributed by atoms with Crippen molar-refractivity contribution in [3.63, 3.8) is 0 Å². The fraction of sp³-hybridized carbons (Fsp3) is 0.167. The number of nitrogens with zero attached hydrogens (tertiary/aromatic N) is 1. The summed E-state index contributed by atoms with van der Waals surface area (Å²) in [6, 6.07) is 9.07. The second-order valence-corrected chi connectivity index (χ2v) is 4.10. The van der Waals surface area contributed by atoms with Gasteiger partial charge in [0.2, 0.25) is 5.91 Å². The Morgan fingerprint density at radius 1 is 1.29 bits per heavy atom. The van der Waals surface area contributed by atoms with E-state index in [1.165, 1.54) is 0 Å². The Labute approximate surface area is 104 Å². The van der Waals surface area contributed by atoms with Gasteiger partial charge in [0.15, 0.2) is 0 Å². The summed E-state index contributed by atoms with van der Waals surface area (Å²) in [6.07, 6.45) is 2.01. The number of aromatic amines is 1. The molecule has 0 bridgehead atoms. The summed E-state index contributed by atoms with van der Waals surface area (Å²) < 4.78 is 0. The highest BCUT2D eigenvalue weighted by atomic mass is 35.5. The lowest BCUT2D eigenvalue weighted by molar-refractivity contribution is -0.120. The predicted molar refractivity (Wildman–Crippen MR) is 65.6 cm³/mol. The van der Waals surface area contributed by atoms with Crippen LogP contribution in [0.25, 0.3) is 0 Å². The molecule has 0 saturated carbocycles. The number of nitrogens with one attached hydrogen (secondary N) is 2. The van der Waals surface area contributed by atoms with Gasteiger partial charge in [0, 0.05) is 11.2 Å². The summed E-state index contributed by atoms with van der Waals surface area (Å²) in [5, 5.41) is 10.1. The van der Waals surface area contributed by atoms with Gasteiger partial charge in [-0.05, 0) is 23.8 Å². The third kappa shape index (κ3) is 3.60. The van der Waals surface area contributed by atoms with E-state index in [0.29, 0.717) is 18.0 Å². The van der Waals surface area contributed by atoms with Crippen molar-refractivity contribution >= 4 is 17.5 Å². The number of H-pyrrole nitrogens is 1. The Balaban J connectivity index is 1.83. The van der Waals surface area contributed by atoms with Crippen LogP contribution in [0.5, 0.6) is 0 Å². The monoisotopic (exact) mass is 249 g/mol. The molecule has 1 amide bonds. The maximum absolute atomic E-state index is 11.6. The van der Waals surface area contributed by atoms with Gasteiger partial charge < -0.3 is 5.32 Å². The van der Waals surface area contributed by atoms with Gasteiger partial charge in [0.25, 0.3) is 0 Å². The van der Waals surface area contributed by atoms with Crippen molar-refractivity contribution in [2.75, 3.05) is 0 Å². The Morgan fingerprint density at radius 3 is 2.71 bits per heavy atom. The molecule has 88 valence electrons. The zero-order chi connectivity index (χ0) is 12.1. The van der Waals surface area contributed by atoms with E-state index in [-0.39, 0.29) is 5.91 Å². The Morgan fingerprint density at radius 2 is 2.06 bits per heavy atom. The molecule has 0 aliphatic carbocycles. The standard InChI is InChI=1S/C12H12ClN3O/c13-10-3-1-9(2-4-10)7-12(17)14-8-11-5-6-15-16-11/h1-6H,7-8H2,(H,14,17)(H,15,16). The van der Waals surface area contributed by atoms with E-state index in [0.717, 1.165) is 11.3 Å². The first-order valence-electron chi connectivity index (χ1n) is 5.23. The van der Waals surface area contributed by atoms with Crippen LogP contribution in [-0.4, -0.2) is 16.1 Å². The van der Waals surface area contributed by atoms with Gasteiger partial charge >= 0.3 is 0 Å². The van der Waals surface area contributed by atoms with Gasteiger partial charge in [-0.2, -0.15) is 5.10 Å². The molecule has 0 saturated heterocycles. The second-order valence-electron chi connectivity index (χ2n) is 3.66. The topological polar surface area (TPSA) is 57.8 Å². The van der Waals surface area contributed by atoms with Crippen molar-refractivity contribution < 1.29 is 4.79 Å². The normalized spacial score (nSPS) is 10.2. The average molecular weight is 250 g/mol. The molecule has 2 N–H and O–H groups in total. The first-order valence-corrected chi connectivity index (χ1v) is 5.61. The minimum absolute atomic E-state index is 0.0260. The fourth-order valence-corrected chi connectivity index (χ4v) is 1.55. The zero-order valence-electron chi connectivity index (χ0n) is 9.11. The van der Waals surface area contributed by atoms with Gasteiger partial charge in [-0.15, -0.1) is 0 Å². The molecule has 2 rings (SSSR count). The summed E-state index contributed by atoms with van der Waals surface area (Å²) >= 11 is 5.77. The molecule has 1 aromatic heterocycles. The lowest BCUT2D eigenvalue weighted by Crippen LogP contribution is -2.24. The van der Waals surface area contributed by atoms with Crippen LogP contribution in [0.3, 0.4) is 0 Å². The van der Waals surface area contributed by atoms with Crippen LogP contribution in [0.2, 0.25) is 5.02 Å². The number of carbonyl (C=O) groups is 1. The number of aromatic nitrogens is 2. The molecule has 2 aromatic rings. The molecule has 17 heavy (non-hydrogen) atoms. The van der Waals surface area contributed by atoms with E-state index in [2.05, 4.69) is 15.5 Å². The summed E-state index contributed by atoms with van der Waals surface area (Å²) in [6.45, 7) is 0.465. The predicted octanol–water partition coefficient (Wildman–Crippen LogP) is 1.92. The summed E-state index contributed by atoms with van der Waals surface area (Å²) in [4.78, 5) is 11.6. The highest BCUT2D eigenvalue weighted by molar-refractivity contribution is 6.30. The fourth-order valence-electron chi connectivity index (χ4n) is 1.43. The third-order valence-electron chi connectivity index (χ3n) is 2.31. The lowest BCUT2D eigenvalue weighted by Gasteiger charge is -2.03. The van der Waals surface area contributed by atoms with Crippen molar-refractivity contribution in [2.24, 2.45) is 0 Å². The third-order valence-corrected chi connectivity index (χ3v) is 2.56. The van der Waals surface area contributed by atoms with Crippen molar-refractivity contribution in [3.05, 3.63) is 52.8 Å². The van der Waals surface area contributed by atoms with E-state index in [9.17, 15) is 4.79 Å². The molecule has 0 fully saturated rings. The maximum atomic E-state index is 11.6. The Kier molecular flexibility index (Phi) is 3.77.